The van der Waals surface area contributed by atoms with Crippen molar-refractivity contribution in [3.05, 3.63) is 16.1 Å². The normalized spacial score (nSPS) is 14.4. The fourth-order valence-corrected chi connectivity index (χ4v) is 1.64. The van der Waals surface area contributed by atoms with Gasteiger partial charge in [0.2, 0.25) is 0 Å². The third-order valence-corrected chi connectivity index (χ3v) is 2.73. The van der Waals surface area contributed by atoms with Crippen LogP contribution in [0.25, 0.3) is 0 Å². The van der Waals surface area contributed by atoms with Crippen LogP contribution >= 0.6 is 11.3 Å². The van der Waals surface area contributed by atoms with Crippen molar-refractivity contribution in [2.75, 3.05) is 0 Å². The van der Waals surface area contributed by atoms with Crippen molar-refractivity contribution in [2.45, 2.75) is 32.0 Å². The molecule has 0 aliphatic rings. The van der Waals surface area contributed by atoms with E-state index < -0.39 is 11.2 Å². The van der Waals surface area contributed by atoms with Gasteiger partial charge in [-0.05, 0) is 6.42 Å². The second kappa shape index (κ2) is 4.27. The van der Waals surface area contributed by atoms with Crippen molar-refractivity contribution in [3.63, 3.8) is 0 Å². The molecule has 0 aliphatic heterocycles. The molecule has 0 bridgehead atoms. The Morgan fingerprint density at radius 3 is 2.64 bits per heavy atom. The zero-order valence-electron chi connectivity index (χ0n) is 7.64. The number of alkyl halides is 3. The van der Waals surface area contributed by atoms with Crippen LogP contribution in [0.1, 0.15) is 24.0 Å². The number of thiazole rings is 1. The summed E-state index contributed by atoms with van der Waals surface area (Å²) in [5, 5.41) is 0.619. The van der Waals surface area contributed by atoms with Gasteiger partial charge in [-0.15, -0.1) is 11.3 Å². The maximum atomic E-state index is 12.1. The minimum absolute atomic E-state index is 0.113. The third-order valence-electron chi connectivity index (χ3n) is 1.79. The van der Waals surface area contributed by atoms with Gasteiger partial charge >= 0.3 is 6.18 Å². The first-order valence-corrected chi connectivity index (χ1v) is 5.08. The molecule has 1 heterocycles. The molecule has 1 rings (SSSR count). The molecule has 1 aromatic heterocycles. The van der Waals surface area contributed by atoms with Crippen LogP contribution in [0.5, 0.6) is 0 Å². The van der Waals surface area contributed by atoms with E-state index in [1.165, 1.54) is 5.38 Å². The molecule has 1 unspecified atom stereocenters. The molecular formula is C8H11F3N2S. The third kappa shape index (κ3) is 2.95. The molecule has 80 valence electrons. The van der Waals surface area contributed by atoms with Gasteiger partial charge in [-0.2, -0.15) is 13.2 Å². The Kier molecular flexibility index (Phi) is 3.49. The van der Waals surface area contributed by atoms with Gasteiger partial charge in [-0.3, -0.25) is 0 Å². The molecule has 0 saturated carbocycles. The number of nitrogens with zero attached hydrogens (tertiary/aromatic N) is 1. The lowest BCUT2D eigenvalue weighted by molar-refractivity contribution is -0.137. The second-order valence-corrected chi connectivity index (χ2v) is 3.87. The molecule has 0 aromatic carbocycles. The molecule has 1 aromatic rings. The highest BCUT2D eigenvalue weighted by atomic mass is 32.1. The number of halogens is 3. The van der Waals surface area contributed by atoms with Crippen LogP contribution in [0.4, 0.5) is 13.2 Å². The lowest BCUT2D eigenvalue weighted by Gasteiger charge is -2.05. The zero-order chi connectivity index (χ0) is 10.8. The van der Waals surface area contributed by atoms with Crippen LogP contribution in [0, 0.1) is 0 Å². The van der Waals surface area contributed by atoms with E-state index in [4.69, 9.17) is 5.73 Å². The number of hydrogen-bond donors (Lipinski definition) is 1. The predicted octanol–water partition coefficient (Wildman–Crippen LogP) is 2.44. The van der Waals surface area contributed by atoms with Crippen LogP contribution in [-0.4, -0.2) is 11.0 Å². The summed E-state index contributed by atoms with van der Waals surface area (Å²) in [6.07, 6.45) is -3.19. The predicted molar refractivity (Wildman–Crippen MR) is 49.1 cm³/mol. The average Bonchev–Trinajstić information content (AvgIpc) is 2.51. The summed E-state index contributed by atoms with van der Waals surface area (Å²) in [4.78, 5) is 3.48. The summed E-state index contributed by atoms with van der Waals surface area (Å²) >= 11 is 0.617. The molecule has 0 spiro atoms. The smallest absolute Gasteiger partial charge is 0.327 e. The number of nitrogens with two attached hydrogens (primary N) is 1. The number of aromatic nitrogens is 1. The summed E-state index contributed by atoms with van der Waals surface area (Å²) in [6, 6.07) is -0.113. The Morgan fingerprint density at radius 2 is 2.21 bits per heavy atom. The van der Waals surface area contributed by atoms with Crippen LogP contribution in [0.3, 0.4) is 0 Å². The fraction of sp³-hybridized carbons (Fsp3) is 0.625. The Balaban J connectivity index is 2.69. The highest BCUT2D eigenvalue weighted by Crippen LogP contribution is 2.31. The zero-order valence-corrected chi connectivity index (χ0v) is 8.45. The molecule has 2 N–H and O–H groups in total. The summed E-state index contributed by atoms with van der Waals surface area (Å²) in [6.45, 7) is 1.89. The molecule has 0 fully saturated rings. The van der Waals surface area contributed by atoms with Crippen LogP contribution < -0.4 is 5.73 Å². The summed E-state index contributed by atoms with van der Waals surface area (Å²) in [5.74, 6) is 0. The highest BCUT2D eigenvalue weighted by molar-refractivity contribution is 7.09. The van der Waals surface area contributed by atoms with E-state index in [-0.39, 0.29) is 6.04 Å². The van der Waals surface area contributed by atoms with Gasteiger partial charge < -0.3 is 5.73 Å². The van der Waals surface area contributed by atoms with Crippen molar-refractivity contribution >= 4 is 11.3 Å². The van der Waals surface area contributed by atoms with E-state index in [0.717, 1.165) is 6.42 Å². The van der Waals surface area contributed by atoms with E-state index in [0.29, 0.717) is 23.5 Å². The summed E-state index contributed by atoms with van der Waals surface area (Å²) in [5.41, 5.74) is 6.03. The van der Waals surface area contributed by atoms with Crippen molar-refractivity contribution in [3.8, 4) is 0 Å². The average molecular weight is 224 g/mol. The lowest BCUT2D eigenvalue weighted by Crippen LogP contribution is -2.21. The van der Waals surface area contributed by atoms with Crippen molar-refractivity contribution in [2.24, 2.45) is 5.73 Å². The van der Waals surface area contributed by atoms with Crippen LogP contribution in [0.2, 0.25) is 0 Å². The lowest BCUT2D eigenvalue weighted by atomic mass is 10.1. The first-order chi connectivity index (χ1) is 6.43. The molecule has 1 atom stereocenters. The SMILES string of the molecule is CCC(N)Cc1csc(C(F)(F)F)n1. The Labute approximate surface area is 84.0 Å². The highest BCUT2D eigenvalue weighted by Gasteiger charge is 2.34. The van der Waals surface area contributed by atoms with Gasteiger partial charge in [0.15, 0.2) is 5.01 Å². The van der Waals surface area contributed by atoms with E-state index in [2.05, 4.69) is 4.98 Å². The number of rotatable bonds is 3. The van der Waals surface area contributed by atoms with Gasteiger partial charge in [-0.1, -0.05) is 6.92 Å². The summed E-state index contributed by atoms with van der Waals surface area (Å²) < 4.78 is 36.4. The first-order valence-electron chi connectivity index (χ1n) is 4.20. The second-order valence-electron chi connectivity index (χ2n) is 3.01. The van der Waals surface area contributed by atoms with Gasteiger partial charge in [-0.25, -0.2) is 4.98 Å². The molecule has 0 aliphatic carbocycles. The standard InChI is InChI=1S/C8H11F3N2S/c1-2-5(12)3-6-4-14-7(13-6)8(9,10)11/h4-5H,2-3,12H2,1H3. The van der Waals surface area contributed by atoms with E-state index in [1.54, 1.807) is 0 Å². The molecule has 0 amide bonds. The van der Waals surface area contributed by atoms with Crippen molar-refractivity contribution in [1.29, 1.82) is 0 Å². The molecule has 2 nitrogen and oxygen atoms in total. The maximum absolute atomic E-state index is 12.1. The monoisotopic (exact) mass is 224 g/mol. The van der Waals surface area contributed by atoms with Crippen LogP contribution in [-0.2, 0) is 12.6 Å². The van der Waals surface area contributed by atoms with E-state index >= 15 is 0 Å². The fourth-order valence-electron chi connectivity index (χ4n) is 0.944. The van der Waals surface area contributed by atoms with Gasteiger partial charge in [0.1, 0.15) is 0 Å². The molecule has 0 saturated heterocycles. The summed E-state index contributed by atoms with van der Waals surface area (Å²) in [7, 11) is 0. The number of hydrogen-bond acceptors (Lipinski definition) is 3. The van der Waals surface area contributed by atoms with Gasteiger partial charge in [0, 0.05) is 17.8 Å². The minimum Gasteiger partial charge on any atom is -0.327 e. The molecule has 6 heteroatoms. The largest absolute Gasteiger partial charge is 0.443 e. The topological polar surface area (TPSA) is 38.9 Å². The Morgan fingerprint density at radius 1 is 1.57 bits per heavy atom. The maximum Gasteiger partial charge on any atom is 0.443 e. The van der Waals surface area contributed by atoms with Crippen molar-refractivity contribution < 1.29 is 13.2 Å². The molecular weight excluding hydrogens is 213 g/mol. The quantitative estimate of drug-likeness (QED) is 0.856. The molecule has 0 radical (unpaired) electrons. The van der Waals surface area contributed by atoms with Gasteiger partial charge in [0.05, 0.1) is 5.69 Å². The van der Waals surface area contributed by atoms with Gasteiger partial charge in [0.25, 0.3) is 0 Å². The van der Waals surface area contributed by atoms with Crippen LogP contribution in [0.15, 0.2) is 5.38 Å². The minimum atomic E-state index is -4.33. The van der Waals surface area contributed by atoms with Crippen molar-refractivity contribution in [1.82, 2.24) is 4.98 Å². The first kappa shape index (κ1) is 11.5. The Bertz CT molecular complexity index is 295. The molecule has 14 heavy (non-hydrogen) atoms. The van der Waals surface area contributed by atoms with E-state index in [9.17, 15) is 13.2 Å². The Hall–Kier alpha value is -0.620. The van der Waals surface area contributed by atoms with E-state index in [1.807, 2.05) is 6.92 Å².